The van der Waals surface area contributed by atoms with Crippen molar-refractivity contribution in [3.05, 3.63) is 18.2 Å². The molecule has 3 rings (SSSR count). The summed E-state index contributed by atoms with van der Waals surface area (Å²) in [4.78, 5) is 4.35. The molecule has 2 aromatic heterocycles. The number of hydrogen-bond donors (Lipinski definition) is 2. The van der Waals surface area contributed by atoms with Gasteiger partial charge in [0.15, 0.2) is 5.82 Å². The maximum atomic E-state index is 4.35. The first-order valence-corrected chi connectivity index (χ1v) is 6.45. The van der Waals surface area contributed by atoms with Gasteiger partial charge >= 0.3 is 0 Å². The Hall–Kier alpha value is -1.69. The van der Waals surface area contributed by atoms with E-state index in [4.69, 9.17) is 0 Å². The van der Waals surface area contributed by atoms with Crippen LogP contribution in [0.1, 0.15) is 18.7 Å². The molecular formula is C12H18N6. The van der Waals surface area contributed by atoms with Crippen LogP contribution in [-0.2, 0) is 0 Å². The third-order valence-corrected chi connectivity index (χ3v) is 3.45. The van der Waals surface area contributed by atoms with Gasteiger partial charge in [-0.15, -0.1) is 10.2 Å². The molecule has 1 atom stereocenters. The molecule has 2 N–H and O–H groups in total. The van der Waals surface area contributed by atoms with Crippen molar-refractivity contribution in [3.8, 4) is 0 Å². The number of nitrogens with zero attached hydrogens (tertiary/aromatic N) is 4. The van der Waals surface area contributed by atoms with E-state index in [2.05, 4.69) is 25.8 Å². The average molecular weight is 246 g/mol. The summed E-state index contributed by atoms with van der Waals surface area (Å²) in [7, 11) is 0. The summed E-state index contributed by atoms with van der Waals surface area (Å²) in [5.41, 5.74) is 0.804. The maximum absolute atomic E-state index is 4.35. The van der Waals surface area contributed by atoms with E-state index in [-0.39, 0.29) is 0 Å². The normalized spacial score (nSPS) is 20.2. The molecule has 1 unspecified atom stereocenters. The van der Waals surface area contributed by atoms with Crippen LogP contribution < -0.4 is 10.6 Å². The van der Waals surface area contributed by atoms with Gasteiger partial charge in [-0.05, 0) is 38.8 Å². The van der Waals surface area contributed by atoms with Gasteiger partial charge in [-0.3, -0.25) is 4.40 Å². The lowest BCUT2D eigenvalue weighted by atomic mass is 10.00. The fourth-order valence-corrected chi connectivity index (χ4v) is 2.41. The Labute approximate surface area is 106 Å². The second-order valence-electron chi connectivity index (χ2n) is 4.81. The Kier molecular flexibility index (Phi) is 3.10. The third kappa shape index (κ3) is 2.15. The molecule has 0 spiro atoms. The largest absolute Gasteiger partial charge is 0.367 e. The van der Waals surface area contributed by atoms with Crippen LogP contribution in [0.25, 0.3) is 5.65 Å². The fourth-order valence-electron chi connectivity index (χ4n) is 2.41. The van der Waals surface area contributed by atoms with Crippen LogP contribution in [0.15, 0.2) is 12.4 Å². The molecule has 18 heavy (non-hydrogen) atoms. The van der Waals surface area contributed by atoms with Crippen LogP contribution in [0.3, 0.4) is 0 Å². The highest BCUT2D eigenvalue weighted by molar-refractivity contribution is 5.61. The number of piperidine rings is 1. The molecule has 1 fully saturated rings. The minimum Gasteiger partial charge on any atom is -0.367 e. The summed E-state index contributed by atoms with van der Waals surface area (Å²) in [6, 6.07) is 0. The van der Waals surface area contributed by atoms with E-state index >= 15 is 0 Å². The van der Waals surface area contributed by atoms with Gasteiger partial charge in [-0.1, -0.05) is 0 Å². The molecule has 0 bridgehead atoms. The van der Waals surface area contributed by atoms with Gasteiger partial charge in [0.05, 0.1) is 0 Å². The van der Waals surface area contributed by atoms with E-state index in [9.17, 15) is 0 Å². The number of nitrogens with one attached hydrogen (secondary N) is 2. The Balaban J connectivity index is 1.74. The second-order valence-corrected chi connectivity index (χ2v) is 4.81. The van der Waals surface area contributed by atoms with Gasteiger partial charge in [-0.25, -0.2) is 4.98 Å². The van der Waals surface area contributed by atoms with Crippen LogP contribution >= 0.6 is 0 Å². The lowest BCUT2D eigenvalue weighted by Gasteiger charge is -2.23. The monoisotopic (exact) mass is 246 g/mol. The molecule has 0 saturated carbocycles. The molecule has 96 valence electrons. The first-order valence-electron chi connectivity index (χ1n) is 6.45. The predicted molar refractivity (Wildman–Crippen MR) is 69.6 cm³/mol. The number of fused-ring (bicyclic) bond motifs is 1. The number of aryl methyl sites for hydroxylation is 1. The summed E-state index contributed by atoms with van der Waals surface area (Å²) in [6.45, 7) is 5.11. The standard InChI is InChI=1S/C12H18N6/c1-9-16-17-12-11(14-5-6-18(9)12)15-8-10-3-2-4-13-7-10/h5-6,10,13H,2-4,7-8H2,1H3,(H,14,15). The zero-order valence-corrected chi connectivity index (χ0v) is 10.6. The van der Waals surface area contributed by atoms with Crippen molar-refractivity contribution in [1.29, 1.82) is 0 Å². The minimum atomic E-state index is 0.671. The third-order valence-electron chi connectivity index (χ3n) is 3.45. The van der Waals surface area contributed by atoms with Crippen molar-refractivity contribution in [2.24, 2.45) is 5.92 Å². The van der Waals surface area contributed by atoms with Crippen molar-refractivity contribution in [3.63, 3.8) is 0 Å². The quantitative estimate of drug-likeness (QED) is 0.840. The van der Waals surface area contributed by atoms with Crippen LogP contribution in [-0.4, -0.2) is 39.2 Å². The van der Waals surface area contributed by atoms with E-state index < -0.39 is 0 Å². The molecule has 3 heterocycles. The second kappa shape index (κ2) is 4.89. The number of anilines is 1. The topological polar surface area (TPSA) is 67.1 Å². The van der Waals surface area contributed by atoms with Crippen molar-refractivity contribution >= 4 is 11.5 Å². The highest BCUT2D eigenvalue weighted by atomic mass is 15.3. The van der Waals surface area contributed by atoms with Gasteiger partial charge in [0.1, 0.15) is 5.82 Å². The molecule has 6 heteroatoms. The summed E-state index contributed by atoms with van der Waals surface area (Å²) >= 11 is 0. The van der Waals surface area contributed by atoms with Gasteiger partial charge in [0.2, 0.25) is 5.65 Å². The molecular weight excluding hydrogens is 228 g/mol. The van der Waals surface area contributed by atoms with Gasteiger partial charge in [-0.2, -0.15) is 0 Å². The number of aromatic nitrogens is 4. The maximum Gasteiger partial charge on any atom is 0.203 e. The van der Waals surface area contributed by atoms with Crippen LogP contribution in [0.4, 0.5) is 5.82 Å². The van der Waals surface area contributed by atoms with Crippen molar-refractivity contribution in [1.82, 2.24) is 24.9 Å². The summed E-state index contributed by atoms with van der Waals surface area (Å²) in [5.74, 6) is 2.38. The fraction of sp³-hybridized carbons (Fsp3) is 0.583. The first-order chi connectivity index (χ1) is 8.84. The molecule has 0 aliphatic carbocycles. The molecule has 1 aliphatic heterocycles. The van der Waals surface area contributed by atoms with Gasteiger partial charge in [0.25, 0.3) is 0 Å². The first kappa shape index (κ1) is 11.4. The smallest absolute Gasteiger partial charge is 0.203 e. The van der Waals surface area contributed by atoms with Crippen LogP contribution in [0.2, 0.25) is 0 Å². The predicted octanol–water partition coefficient (Wildman–Crippen LogP) is 0.844. The Morgan fingerprint density at radius 1 is 1.50 bits per heavy atom. The zero-order valence-electron chi connectivity index (χ0n) is 10.6. The van der Waals surface area contributed by atoms with Gasteiger partial charge in [0, 0.05) is 18.9 Å². The summed E-state index contributed by atoms with van der Waals surface area (Å²) < 4.78 is 1.95. The molecule has 0 amide bonds. The SMILES string of the molecule is Cc1nnc2c(NCC3CCCNC3)nccn12. The van der Waals surface area contributed by atoms with E-state index in [1.165, 1.54) is 12.8 Å². The van der Waals surface area contributed by atoms with E-state index in [0.717, 1.165) is 36.9 Å². The lowest BCUT2D eigenvalue weighted by Crippen LogP contribution is -2.33. The highest BCUT2D eigenvalue weighted by Crippen LogP contribution is 2.15. The molecule has 2 aromatic rings. The van der Waals surface area contributed by atoms with E-state index in [1.54, 1.807) is 6.20 Å². The Bertz CT molecular complexity index is 528. The van der Waals surface area contributed by atoms with Crippen LogP contribution in [0.5, 0.6) is 0 Å². The van der Waals surface area contributed by atoms with Gasteiger partial charge < -0.3 is 10.6 Å². The summed E-state index contributed by atoms with van der Waals surface area (Å²) in [6.07, 6.45) is 6.20. The molecule has 1 aliphatic rings. The Morgan fingerprint density at radius 2 is 2.44 bits per heavy atom. The van der Waals surface area contributed by atoms with Crippen LogP contribution in [0, 0.1) is 12.8 Å². The highest BCUT2D eigenvalue weighted by Gasteiger charge is 2.14. The van der Waals surface area contributed by atoms with Crippen molar-refractivity contribution in [2.45, 2.75) is 19.8 Å². The molecule has 0 aromatic carbocycles. The summed E-state index contributed by atoms with van der Waals surface area (Å²) in [5, 5.41) is 15.0. The van der Waals surface area contributed by atoms with E-state index in [0.29, 0.717) is 5.92 Å². The van der Waals surface area contributed by atoms with E-state index in [1.807, 2.05) is 17.5 Å². The lowest BCUT2D eigenvalue weighted by molar-refractivity contribution is 0.392. The molecule has 0 radical (unpaired) electrons. The number of hydrogen-bond acceptors (Lipinski definition) is 5. The van der Waals surface area contributed by atoms with Crippen molar-refractivity contribution in [2.75, 3.05) is 25.0 Å². The average Bonchev–Trinajstić information content (AvgIpc) is 2.80. The number of rotatable bonds is 3. The minimum absolute atomic E-state index is 0.671. The van der Waals surface area contributed by atoms with Crippen molar-refractivity contribution < 1.29 is 0 Å². The molecule has 1 saturated heterocycles. The molecule has 6 nitrogen and oxygen atoms in total. The zero-order chi connectivity index (χ0) is 12.4. The Morgan fingerprint density at radius 3 is 3.28 bits per heavy atom.